The van der Waals surface area contributed by atoms with E-state index >= 15 is 0 Å². The zero-order valence-electron chi connectivity index (χ0n) is 13.0. The Balaban J connectivity index is 2.72. The van der Waals surface area contributed by atoms with Crippen molar-refractivity contribution in [2.45, 2.75) is 27.2 Å². The summed E-state index contributed by atoms with van der Waals surface area (Å²) >= 11 is 0. The van der Waals surface area contributed by atoms with Crippen LogP contribution < -0.4 is 15.2 Å². The topological polar surface area (TPSA) is 61.5 Å². The molecule has 1 N–H and O–H groups in total. The van der Waals surface area contributed by atoms with Gasteiger partial charge in [0, 0.05) is 13.1 Å². The summed E-state index contributed by atoms with van der Waals surface area (Å²) in [6.07, 6.45) is 2.46. The van der Waals surface area contributed by atoms with E-state index in [1.165, 1.54) is 13.4 Å². The van der Waals surface area contributed by atoms with Gasteiger partial charge in [-0.2, -0.15) is 0 Å². The second-order valence-electron chi connectivity index (χ2n) is 4.55. The number of nitrogens with one attached hydrogen (secondary N) is 1. The molecule has 0 aliphatic carbocycles. The first-order chi connectivity index (χ1) is 9.67. The fourth-order valence-electron chi connectivity index (χ4n) is 2.23. The molecule has 6 heteroatoms. The molecule has 0 radical (unpaired) electrons. The van der Waals surface area contributed by atoms with Gasteiger partial charge in [0.15, 0.2) is 5.82 Å². The van der Waals surface area contributed by atoms with Gasteiger partial charge in [0.25, 0.3) is 5.56 Å². The van der Waals surface area contributed by atoms with Crippen LogP contribution in [0.5, 0.6) is 5.75 Å². The van der Waals surface area contributed by atoms with E-state index in [1.807, 2.05) is 0 Å². The molecule has 1 aromatic rings. The summed E-state index contributed by atoms with van der Waals surface area (Å²) < 4.78 is 5.17. The largest absolute Gasteiger partial charge is 0.489 e. The van der Waals surface area contributed by atoms with Crippen LogP contribution in [0.4, 0.5) is 5.82 Å². The number of rotatable bonds is 9. The van der Waals surface area contributed by atoms with Gasteiger partial charge < -0.3 is 19.5 Å². The Morgan fingerprint density at radius 2 is 1.90 bits per heavy atom. The maximum Gasteiger partial charge on any atom is 0.295 e. The van der Waals surface area contributed by atoms with E-state index in [0.717, 1.165) is 39.1 Å². The standard InChI is InChI=1S/C14H26N4O2/c1-5-17(6-2)9-8-10-18(7-3)13-12(20-4)14(19)16-11-15-13/h11H,5-10H2,1-4H3,(H,15,16,19). The van der Waals surface area contributed by atoms with E-state index < -0.39 is 0 Å². The van der Waals surface area contributed by atoms with Crippen LogP contribution in [-0.2, 0) is 0 Å². The number of hydrogen-bond acceptors (Lipinski definition) is 5. The highest BCUT2D eigenvalue weighted by Gasteiger charge is 2.15. The Labute approximate surface area is 120 Å². The summed E-state index contributed by atoms with van der Waals surface area (Å²) in [5, 5.41) is 0. The van der Waals surface area contributed by atoms with E-state index in [0.29, 0.717) is 5.82 Å². The third kappa shape index (κ3) is 4.23. The van der Waals surface area contributed by atoms with E-state index in [9.17, 15) is 4.79 Å². The monoisotopic (exact) mass is 282 g/mol. The van der Waals surface area contributed by atoms with Gasteiger partial charge >= 0.3 is 0 Å². The second kappa shape index (κ2) is 8.58. The van der Waals surface area contributed by atoms with Gasteiger partial charge in [-0.25, -0.2) is 4.98 Å². The molecule has 0 aliphatic rings. The number of H-pyrrole nitrogens is 1. The average Bonchev–Trinajstić information content (AvgIpc) is 2.47. The molecule has 6 nitrogen and oxygen atoms in total. The summed E-state index contributed by atoms with van der Waals surface area (Å²) in [6, 6.07) is 0. The molecule has 0 aliphatic heterocycles. The van der Waals surface area contributed by atoms with E-state index in [2.05, 4.69) is 40.5 Å². The quantitative estimate of drug-likeness (QED) is 0.740. The highest BCUT2D eigenvalue weighted by Crippen LogP contribution is 2.20. The van der Waals surface area contributed by atoms with Crippen LogP contribution in [-0.4, -0.2) is 54.7 Å². The van der Waals surface area contributed by atoms with E-state index in [1.54, 1.807) is 0 Å². The molecule has 0 bridgehead atoms. The number of ether oxygens (including phenoxy) is 1. The van der Waals surface area contributed by atoms with Gasteiger partial charge in [0.05, 0.1) is 13.4 Å². The van der Waals surface area contributed by atoms with Gasteiger partial charge in [-0.3, -0.25) is 4.79 Å². The molecular weight excluding hydrogens is 256 g/mol. The number of aromatic amines is 1. The molecule has 0 saturated carbocycles. The van der Waals surface area contributed by atoms with E-state index in [-0.39, 0.29) is 11.3 Å². The Hall–Kier alpha value is -1.56. The van der Waals surface area contributed by atoms with Gasteiger partial charge in [0.1, 0.15) is 0 Å². The number of aromatic nitrogens is 2. The summed E-state index contributed by atoms with van der Waals surface area (Å²) in [5.41, 5.74) is -0.236. The Kier molecular flexibility index (Phi) is 7.08. The summed E-state index contributed by atoms with van der Waals surface area (Å²) in [7, 11) is 1.50. The lowest BCUT2D eigenvalue weighted by atomic mass is 10.3. The van der Waals surface area contributed by atoms with E-state index in [4.69, 9.17) is 4.74 Å². The van der Waals surface area contributed by atoms with Crippen LogP contribution in [0.25, 0.3) is 0 Å². The van der Waals surface area contributed by atoms with Gasteiger partial charge in [-0.05, 0) is 33.0 Å². The first kappa shape index (κ1) is 16.5. The van der Waals surface area contributed by atoms with Gasteiger partial charge in [-0.15, -0.1) is 0 Å². The van der Waals surface area contributed by atoms with Crippen molar-refractivity contribution < 1.29 is 4.74 Å². The number of methoxy groups -OCH3 is 1. The molecular formula is C14H26N4O2. The normalized spacial score (nSPS) is 10.8. The molecule has 0 spiro atoms. The zero-order chi connectivity index (χ0) is 15.0. The van der Waals surface area contributed by atoms with Gasteiger partial charge in [-0.1, -0.05) is 13.8 Å². The third-order valence-electron chi connectivity index (χ3n) is 3.47. The van der Waals surface area contributed by atoms with Crippen LogP contribution in [0.2, 0.25) is 0 Å². The second-order valence-corrected chi connectivity index (χ2v) is 4.55. The molecule has 114 valence electrons. The minimum absolute atomic E-state index is 0.236. The number of hydrogen-bond donors (Lipinski definition) is 1. The SMILES string of the molecule is CCN(CC)CCCN(CC)c1nc[nH]c(=O)c1OC. The minimum Gasteiger partial charge on any atom is -0.489 e. The van der Waals surface area contributed by atoms with Crippen LogP contribution in [0.15, 0.2) is 11.1 Å². The Bertz CT molecular complexity index is 443. The summed E-state index contributed by atoms with van der Waals surface area (Å²) in [4.78, 5) is 23.0. The molecule has 0 amide bonds. The van der Waals surface area contributed by atoms with Crippen molar-refractivity contribution in [2.24, 2.45) is 0 Å². The molecule has 0 atom stereocenters. The van der Waals surface area contributed by atoms with Crippen molar-refractivity contribution in [1.29, 1.82) is 0 Å². The van der Waals surface area contributed by atoms with Crippen LogP contribution in [0.1, 0.15) is 27.2 Å². The van der Waals surface area contributed by atoms with Gasteiger partial charge in [0.2, 0.25) is 5.75 Å². The van der Waals surface area contributed by atoms with Crippen LogP contribution >= 0.6 is 0 Å². The zero-order valence-corrected chi connectivity index (χ0v) is 13.0. The number of nitrogens with zero attached hydrogens (tertiary/aromatic N) is 3. The molecule has 0 saturated heterocycles. The molecule has 1 aromatic heterocycles. The maximum absolute atomic E-state index is 11.7. The fraction of sp³-hybridized carbons (Fsp3) is 0.714. The summed E-state index contributed by atoms with van der Waals surface area (Å²) in [5.74, 6) is 0.912. The maximum atomic E-state index is 11.7. The molecule has 0 aromatic carbocycles. The van der Waals surface area contributed by atoms with Crippen molar-refractivity contribution >= 4 is 5.82 Å². The molecule has 0 unspecified atom stereocenters. The fourth-order valence-corrected chi connectivity index (χ4v) is 2.23. The Morgan fingerprint density at radius 1 is 1.20 bits per heavy atom. The van der Waals surface area contributed by atoms with Crippen molar-refractivity contribution in [3.63, 3.8) is 0 Å². The average molecular weight is 282 g/mol. The smallest absolute Gasteiger partial charge is 0.295 e. The highest BCUT2D eigenvalue weighted by atomic mass is 16.5. The molecule has 1 heterocycles. The molecule has 0 fully saturated rings. The lowest BCUT2D eigenvalue weighted by Crippen LogP contribution is -2.31. The predicted octanol–water partition coefficient (Wildman–Crippen LogP) is 1.34. The first-order valence-electron chi connectivity index (χ1n) is 7.26. The minimum atomic E-state index is -0.236. The Morgan fingerprint density at radius 3 is 2.45 bits per heavy atom. The van der Waals surface area contributed by atoms with Crippen molar-refractivity contribution in [3.05, 3.63) is 16.7 Å². The van der Waals surface area contributed by atoms with Crippen molar-refractivity contribution in [2.75, 3.05) is 44.7 Å². The van der Waals surface area contributed by atoms with Crippen LogP contribution in [0, 0.1) is 0 Å². The third-order valence-corrected chi connectivity index (χ3v) is 3.47. The van der Waals surface area contributed by atoms with Crippen molar-refractivity contribution in [1.82, 2.24) is 14.9 Å². The highest BCUT2D eigenvalue weighted by molar-refractivity contribution is 5.50. The summed E-state index contributed by atoms with van der Waals surface area (Å²) in [6.45, 7) is 11.2. The first-order valence-corrected chi connectivity index (χ1v) is 7.26. The van der Waals surface area contributed by atoms with Crippen molar-refractivity contribution in [3.8, 4) is 5.75 Å². The number of anilines is 1. The molecule has 20 heavy (non-hydrogen) atoms. The van der Waals surface area contributed by atoms with Crippen LogP contribution in [0.3, 0.4) is 0 Å². The molecule has 1 rings (SSSR count). The lowest BCUT2D eigenvalue weighted by Gasteiger charge is -2.25. The lowest BCUT2D eigenvalue weighted by molar-refractivity contribution is 0.300. The predicted molar refractivity (Wildman–Crippen MR) is 81.7 cm³/mol.